The van der Waals surface area contributed by atoms with Gasteiger partial charge in [-0.15, -0.1) is 11.3 Å². The van der Waals surface area contributed by atoms with Gasteiger partial charge in [-0.2, -0.15) is 5.26 Å². The molecule has 1 aromatic rings. The number of hydrogen-bond acceptors (Lipinski definition) is 4. The number of nitriles is 1. The Hall–Kier alpha value is -1.60. The van der Waals surface area contributed by atoms with E-state index in [1.807, 2.05) is 11.4 Å². The number of rotatable bonds is 3. The smallest absolute Gasteiger partial charge is 0.214 e. The standard InChI is InChI=1S/C9H8N2OS/c1-11-6-7(5-10)9(12)8-3-2-4-13-8/h2-4,6,11H,1H3/b7-6+. The van der Waals surface area contributed by atoms with Crippen LogP contribution < -0.4 is 5.32 Å². The molecule has 0 spiro atoms. The van der Waals surface area contributed by atoms with E-state index in [1.165, 1.54) is 17.5 Å². The molecule has 0 amide bonds. The number of allylic oxidation sites excluding steroid dienone is 1. The van der Waals surface area contributed by atoms with Crippen molar-refractivity contribution in [1.29, 1.82) is 5.26 Å². The summed E-state index contributed by atoms with van der Waals surface area (Å²) in [5, 5.41) is 13.1. The van der Waals surface area contributed by atoms with Crippen LogP contribution in [-0.4, -0.2) is 12.8 Å². The molecule has 1 rings (SSSR count). The minimum atomic E-state index is -0.230. The van der Waals surface area contributed by atoms with E-state index >= 15 is 0 Å². The van der Waals surface area contributed by atoms with Gasteiger partial charge in [0.05, 0.1) is 4.88 Å². The molecule has 0 aliphatic rings. The summed E-state index contributed by atoms with van der Waals surface area (Å²) >= 11 is 1.33. The van der Waals surface area contributed by atoms with Crippen LogP contribution in [0.4, 0.5) is 0 Å². The molecule has 13 heavy (non-hydrogen) atoms. The Morgan fingerprint density at radius 1 is 1.77 bits per heavy atom. The third-order valence-corrected chi connectivity index (χ3v) is 2.27. The highest BCUT2D eigenvalue weighted by Crippen LogP contribution is 2.13. The van der Waals surface area contributed by atoms with Gasteiger partial charge in [0.15, 0.2) is 0 Å². The Morgan fingerprint density at radius 2 is 2.54 bits per heavy atom. The first-order valence-corrected chi connectivity index (χ1v) is 4.53. The fourth-order valence-corrected chi connectivity index (χ4v) is 1.51. The number of thiophene rings is 1. The molecule has 0 aliphatic heterocycles. The van der Waals surface area contributed by atoms with E-state index < -0.39 is 0 Å². The molecule has 4 heteroatoms. The molecule has 0 saturated carbocycles. The highest BCUT2D eigenvalue weighted by atomic mass is 32.1. The zero-order chi connectivity index (χ0) is 9.68. The lowest BCUT2D eigenvalue weighted by Gasteiger charge is -1.93. The third kappa shape index (κ3) is 2.17. The summed E-state index contributed by atoms with van der Waals surface area (Å²) in [6.45, 7) is 0. The number of nitrogens with one attached hydrogen (secondary N) is 1. The maximum absolute atomic E-state index is 11.5. The summed E-state index contributed by atoms with van der Waals surface area (Å²) in [6.07, 6.45) is 1.40. The van der Waals surface area contributed by atoms with Crippen LogP contribution in [0.25, 0.3) is 0 Å². The van der Waals surface area contributed by atoms with Crippen LogP contribution in [0.5, 0.6) is 0 Å². The maximum Gasteiger partial charge on any atom is 0.214 e. The number of carbonyl (C=O) groups is 1. The van der Waals surface area contributed by atoms with Crippen LogP contribution in [0.3, 0.4) is 0 Å². The van der Waals surface area contributed by atoms with Gasteiger partial charge in [0.25, 0.3) is 0 Å². The van der Waals surface area contributed by atoms with Crippen LogP contribution in [0.1, 0.15) is 9.67 Å². The van der Waals surface area contributed by atoms with Gasteiger partial charge in [0.1, 0.15) is 11.6 Å². The van der Waals surface area contributed by atoms with Gasteiger partial charge in [-0.05, 0) is 11.4 Å². The van der Waals surface area contributed by atoms with Crippen molar-refractivity contribution in [3.05, 3.63) is 34.2 Å². The monoisotopic (exact) mass is 192 g/mol. The minimum Gasteiger partial charge on any atom is -0.393 e. The predicted molar refractivity (Wildman–Crippen MR) is 51.4 cm³/mol. The van der Waals surface area contributed by atoms with E-state index in [1.54, 1.807) is 19.2 Å². The van der Waals surface area contributed by atoms with Crippen LogP contribution in [-0.2, 0) is 0 Å². The summed E-state index contributed by atoms with van der Waals surface area (Å²) in [6, 6.07) is 5.33. The van der Waals surface area contributed by atoms with E-state index in [0.29, 0.717) is 4.88 Å². The largest absolute Gasteiger partial charge is 0.393 e. The number of nitrogens with zero attached hydrogens (tertiary/aromatic N) is 1. The lowest BCUT2D eigenvalue weighted by Crippen LogP contribution is -2.04. The molecule has 0 aliphatic carbocycles. The molecule has 0 saturated heterocycles. The minimum absolute atomic E-state index is 0.130. The maximum atomic E-state index is 11.5. The van der Waals surface area contributed by atoms with Gasteiger partial charge in [-0.25, -0.2) is 0 Å². The normalized spacial score (nSPS) is 10.6. The van der Waals surface area contributed by atoms with Crippen molar-refractivity contribution in [3.8, 4) is 6.07 Å². The van der Waals surface area contributed by atoms with E-state index in [0.717, 1.165) is 0 Å². The summed E-state index contributed by atoms with van der Waals surface area (Å²) < 4.78 is 0. The van der Waals surface area contributed by atoms with Crippen molar-refractivity contribution >= 4 is 17.1 Å². The summed E-state index contributed by atoms with van der Waals surface area (Å²) in [5.74, 6) is -0.230. The van der Waals surface area contributed by atoms with Crippen LogP contribution >= 0.6 is 11.3 Å². The lowest BCUT2D eigenvalue weighted by atomic mass is 10.2. The van der Waals surface area contributed by atoms with Gasteiger partial charge in [0, 0.05) is 13.2 Å². The Bertz CT molecular complexity index is 359. The molecule has 0 fully saturated rings. The average molecular weight is 192 g/mol. The molecule has 0 unspecified atom stereocenters. The number of hydrogen-bond donors (Lipinski definition) is 1. The fraction of sp³-hybridized carbons (Fsp3) is 0.111. The topological polar surface area (TPSA) is 52.9 Å². The third-order valence-electron chi connectivity index (χ3n) is 1.40. The molecule has 0 radical (unpaired) electrons. The average Bonchev–Trinajstić information content (AvgIpc) is 2.65. The van der Waals surface area contributed by atoms with Crippen molar-refractivity contribution in [2.24, 2.45) is 0 Å². The molecule has 3 nitrogen and oxygen atoms in total. The SMILES string of the molecule is CN/C=C(\C#N)C(=O)c1cccs1. The van der Waals surface area contributed by atoms with E-state index in [4.69, 9.17) is 5.26 Å². The second-order valence-electron chi connectivity index (χ2n) is 2.26. The number of ketones is 1. The Labute approximate surface area is 80.3 Å². The number of carbonyl (C=O) groups excluding carboxylic acids is 1. The molecule has 1 heterocycles. The molecule has 0 aromatic carbocycles. The van der Waals surface area contributed by atoms with Crippen molar-refractivity contribution in [3.63, 3.8) is 0 Å². The summed E-state index contributed by atoms with van der Waals surface area (Å²) in [7, 11) is 1.65. The molecular formula is C9H8N2OS. The molecule has 66 valence electrons. The second kappa shape index (κ2) is 4.43. The van der Waals surface area contributed by atoms with E-state index in [-0.39, 0.29) is 11.4 Å². The van der Waals surface area contributed by atoms with Crippen LogP contribution in [0.15, 0.2) is 29.3 Å². The zero-order valence-electron chi connectivity index (χ0n) is 7.07. The lowest BCUT2D eigenvalue weighted by molar-refractivity contribution is 0.104. The molecule has 1 N–H and O–H groups in total. The second-order valence-corrected chi connectivity index (χ2v) is 3.21. The highest BCUT2D eigenvalue weighted by molar-refractivity contribution is 7.12. The fourth-order valence-electron chi connectivity index (χ4n) is 0.833. The zero-order valence-corrected chi connectivity index (χ0v) is 7.89. The summed E-state index contributed by atoms with van der Waals surface area (Å²) in [5.41, 5.74) is 0.130. The van der Waals surface area contributed by atoms with Crippen molar-refractivity contribution < 1.29 is 4.79 Å². The van der Waals surface area contributed by atoms with Gasteiger partial charge < -0.3 is 5.32 Å². The first-order chi connectivity index (χ1) is 6.29. The Balaban J connectivity index is 2.91. The van der Waals surface area contributed by atoms with E-state index in [9.17, 15) is 4.79 Å². The Morgan fingerprint density at radius 3 is 3.00 bits per heavy atom. The molecular weight excluding hydrogens is 184 g/mol. The van der Waals surface area contributed by atoms with Gasteiger partial charge >= 0.3 is 0 Å². The van der Waals surface area contributed by atoms with Crippen molar-refractivity contribution in [1.82, 2.24) is 5.32 Å². The summed E-state index contributed by atoms with van der Waals surface area (Å²) in [4.78, 5) is 12.1. The van der Waals surface area contributed by atoms with Crippen LogP contribution in [0, 0.1) is 11.3 Å². The van der Waals surface area contributed by atoms with E-state index in [2.05, 4.69) is 5.32 Å². The molecule has 0 atom stereocenters. The van der Waals surface area contributed by atoms with Crippen molar-refractivity contribution in [2.75, 3.05) is 7.05 Å². The van der Waals surface area contributed by atoms with Crippen molar-refractivity contribution in [2.45, 2.75) is 0 Å². The Kier molecular flexibility index (Phi) is 3.23. The first-order valence-electron chi connectivity index (χ1n) is 3.65. The first kappa shape index (κ1) is 9.49. The molecule has 1 aromatic heterocycles. The predicted octanol–water partition coefficient (Wildman–Crippen LogP) is 1.56. The number of Topliss-reactive ketones (excluding diaryl/α,β-unsaturated/α-hetero) is 1. The van der Waals surface area contributed by atoms with Gasteiger partial charge in [-0.1, -0.05) is 6.07 Å². The van der Waals surface area contributed by atoms with Gasteiger partial charge in [0.2, 0.25) is 5.78 Å². The van der Waals surface area contributed by atoms with Crippen LogP contribution in [0.2, 0.25) is 0 Å². The van der Waals surface area contributed by atoms with Gasteiger partial charge in [-0.3, -0.25) is 4.79 Å². The highest BCUT2D eigenvalue weighted by Gasteiger charge is 2.11. The quantitative estimate of drug-likeness (QED) is 0.449. The molecule has 0 bridgehead atoms.